The average Bonchev–Trinajstić information content (AvgIpc) is 2.53. The van der Waals surface area contributed by atoms with Crippen LogP contribution in [-0.2, 0) is 0 Å². The molecule has 0 unspecified atom stereocenters. The summed E-state index contributed by atoms with van der Waals surface area (Å²) in [5, 5.41) is -0.281. The molecule has 0 amide bonds. The van der Waals surface area contributed by atoms with Gasteiger partial charge in [0.15, 0.2) is 5.78 Å². The Kier molecular flexibility index (Phi) is 3.50. The smallest absolute Gasteiger partial charge is 0.289 e. The Morgan fingerprint density at radius 3 is 2.57 bits per heavy atom. The summed E-state index contributed by atoms with van der Waals surface area (Å²) in [6.07, 6.45) is -2.17. The predicted molar refractivity (Wildman–Crippen MR) is 76.3 cm³/mol. The Bertz CT molecular complexity index is 729. The molecule has 1 aliphatic heterocycles. The monoisotopic (exact) mass is 328 g/mol. The molecule has 3 rings (SSSR count). The zero-order valence-electron chi connectivity index (χ0n) is 10.5. The summed E-state index contributed by atoms with van der Waals surface area (Å²) in [5.41, 5.74) is 0.185. The van der Waals surface area contributed by atoms with Crippen LogP contribution in [0, 0.1) is 0 Å². The van der Waals surface area contributed by atoms with Crippen molar-refractivity contribution in [1.82, 2.24) is 0 Å². The van der Waals surface area contributed by atoms with Gasteiger partial charge in [-0.25, -0.2) is 0 Å². The SMILES string of the molecule is O=C1C=C2CC(Cl)=C(C(F)(F)F)C=C2Sc2ccccc21. The fourth-order valence-electron chi connectivity index (χ4n) is 2.22. The van der Waals surface area contributed by atoms with Gasteiger partial charge in [-0.15, -0.1) is 0 Å². The number of hydrogen-bond donors (Lipinski definition) is 0. The first kappa shape index (κ1) is 14.5. The summed E-state index contributed by atoms with van der Waals surface area (Å²) in [6.45, 7) is 0. The minimum absolute atomic E-state index is 0.0744. The number of hydrogen-bond acceptors (Lipinski definition) is 2. The number of carbonyl (C=O) groups is 1. The molecule has 1 aliphatic carbocycles. The number of ketones is 1. The van der Waals surface area contributed by atoms with Gasteiger partial charge in [-0.2, -0.15) is 13.2 Å². The average molecular weight is 329 g/mol. The van der Waals surface area contributed by atoms with Crippen molar-refractivity contribution in [2.24, 2.45) is 0 Å². The molecule has 21 heavy (non-hydrogen) atoms. The molecule has 0 N–H and O–H groups in total. The van der Waals surface area contributed by atoms with Gasteiger partial charge >= 0.3 is 6.18 Å². The van der Waals surface area contributed by atoms with Crippen LogP contribution < -0.4 is 0 Å². The molecular formula is C15H8ClF3OS. The molecule has 0 fully saturated rings. The minimum Gasteiger partial charge on any atom is -0.289 e. The highest BCUT2D eigenvalue weighted by molar-refractivity contribution is 8.03. The van der Waals surface area contributed by atoms with Crippen molar-refractivity contribution in [2.75, 3.05) is 0 Å². The summed E-state index contributed by atoms with van der Waals surface area (Å²) < 4.78 is 38.8. The third-order valence-corrected chi connectivity index (χ3v) is 4.73. The van der Waals surface area contributed by atoms with E-state index in [1.807, 2.05) is 0 Å². The van der Waals surface area contributed by atoms with Crippen molar-refractivity contribution in [1.29, 1.82) is 0 Å². The molecule has 0 radical (unpaired) electrons. The van der Waals surface area contributed by atoms with Gasteiger partial charge in [-0.1, -0.05) is 35.5 Å². The van der Waals surface area contributed by atoms with Gasteiger partial charge < -0.3 is 0 Å². The van der Waals surface area contributed by atoms with E-state index >= 15 is 0 Å². The zero-order chi connectivity index (χ0) is 15.2. The van der Waals surface area contributed by atoms with Gasteiger partial charge in [0, 0.05) is 26.8 Å². The Morgan fingerprint density at radius 2 is 1.86 bits per heavy atom. The first-order valence-electron chi connectivity index (χ1n) is 6.06. The highest BCUT2D eigenvalue weighted by Gasteiger charge is 2.38. The molecule has 0 bridgehead atoms. The molecule has 6 heteroatoms. The van der Waals surface area contributed by atoms with Gasteiger partial charge in [0.25, 0.3) is 0 Å². The first-order chi connectivity index (χ1) is 9.86. The van der Waals surface area contributed by atoms with Crippen LogP contribution in [-0.4, -0.2) is 12.0 Å². The second kappa shape index (κ2) is 5.07. The van der Waals surface area contributed by atoms with Crippen LogP contribution in [0.3, 0.4) is 0 Å². The van der Waals surface area contributed by atoms with Crippen molar-refractivity contribution in [3.63, 3.8) is 0 Å². The van der Waals surface area contributed by atoms with Crippen molar-refractivity contribution in [2.45, 2.75) is 17.5 Å². The summed E-state index contributed by atoms with van der Waals surface area (Å²) >= 11 is 6.92. The highest BCUT2D eigenvalue weighted by Crippen LogP contribution is 2.46. The van der Waals surface area contributed by atoms with E-state index in [0.717, 1.165) is 6.08 Å². The van der Waals surface area contributed by atoms with Crippen LogP contribution in [0.5, 0.6) is 0 Å². The Labute approximate surface area is 128 Å². The molecular weight excluding hydrogens is 321 g/mol. The van der Waals surface area contributed by atoms with Crippen molar-refractivity contribution in [3.8, 4) is 0 Å². The lowest BCUT2D eigenvalue weighted by molar-refractivity contribution is -0.0888. The topological polar surface area (TPSA) is 17.1 Å². The molecule has 0 atom stereocenters. The lowest BCUT2D eigenvalue weighted by Gasteiger charge is -2.20. The van der Waals surface area contributed by atoms with E-state index in [0.29, 0.717) is 20.9 Å². The number of thioether (sulfide) groups is 1. The highest BCUT2D eigenvalue weighted by atomic mass is 35.5. The van der Waals surface area contributed by atoms with E-state index in [1.54, 1.807) is 24.3 Å². The molecule has 0 aromatic heterocycles. The number of halogens is 4. The molecule has 0 saturated heterocycles. The fraction of sp³-hybridized carbons (Fsp3) is 0.133. The predicted octanol–water partition coefficient (Wildman–Crippen LogP) is 5.24. The maximum Gasteiger partial charge on any atom is 0.417 e. The summed E-state index contributed by atoms with van der Waals surface area (Å²) in [7, 11) is 0. The number of alkyl halides is 3. The van der Waals surface area contributed by atoms with E-state index in [2.05, 4.69) is 0 Å². The van der Waals surface area contributed by atoms with Crippen LogP contribution in [0.15, 0.2) is 62.4 Å². The van der Waals surface area contributed by atoms with Gasteiger partial charge in [0.05, 0.1) is 5.57 Å². The second-order valence-electron chi connectivity index (χ2n) is 4.63. The van der Waals surface area contributed by atoms with Crippen LogP contribution in [0.25, 0.3) is 0 Å². The molecule has 0 saturated carbocycles. The Morgan fingerprint density at radius 1 is 1.14 bits per heavy atom. The van der Waals surface area contributed by atoms with E-state index in [-0.39, 0.29) is 17.2 Å². The standard InChI is InChI=1S/C15H8ClF3OS/c16-11-5-8-6-12(20)9-3-1-2-4-13(9)21-14(8)7-10(11)15(17,18)19/h1-4,6-7H,5H2. The molecule has 1 aromatic rings. The molecule has 1 aromatic carbocycles. The molecule has 1 heterocycles. The third-order valence-electron chi connectivity index (χ3n) is 3.21. The van der Waals surface area contributed by atoms with E-state index in [1.165, 1.54) is 17.8 Å². The van der Waals surface area contributed by atoms with Crippen LogP contribution in [0.2, 0.25) is 0 Å². The number of benzene rings is 1. The van der Waals surface area contributed by atoms with Crippen molar-refractivity contribution in [3.05, 3.63) is 63.1 Å². The van der Waals surface area contributed by atoms with Gasteiger partial charge in [-0.3, -0.25) is 4.79 Å². The lowest BCUT2D eigenvalue weighted by Crippen LogP contribution is -2.14. The fourth-order valence-corrected chi connectivity index (χ4v) is 3.62. The van der Waals surface area contributed by atoms with Gasteiger partial charge in [0.1, 0.15) is 0 Å². The van der Waals surface area contributed by atoms with Gasteiger partial charge in [0.2, 0.25) is 0 Å². The first-order valence-corrected chi connectivity index (χ1v) is 7.25. The third kappa shape index (κ3) is 2.68. The van der Waals surface area contributed by atoms with Crippen molar-refractivity contribution < 1.29 is 18.0 Å². The molecule has 2 aliphatic rings. The second-order valence-corrected chi connectivity index (χ2v) is 6.17. The maximum absolute atomic E-state index is 12.9. The van der Waals surface area contributed by atoms with E-state index < -0.39 is 11.7 Å². The maximum atomic E-state index is 12.9. The Hall–Kier alpha value is -1.46. The van der Waals surface area contributed by atoms with Crippen LogP contribution in [0.1, 0.15) is 16.8 Å². The quantitative estimate of drug-likeness (QED) is 0.647. The largest absolute Gasteiger partial charge is 0.417 e. The van der Waals surface area contributed by atoms with E-state index in [4.69, 9.17) is 11.6 Å². The van der Waals surface area contributed by atoms with Crippen LogP contribution >= 0.6 is 23.4 Å². The summed E-state index contributed by atoms with van der Waals surface area (Å²) in [6, 6.07) is 6.87. The van der Waals surface area contributed by atoms with Crippen LogP contribution in [0.4, 0.5) is 13.2 Å². The number of allylic oxidation sites excluding steroid dienone is 5. The number of carbonyl (C=O) groups excluding carboxylic acids is 1. The molecule has 108 valence electrons. The van der Waals surface area contributed by atoms with E-state index in [9.17, 15) is 18.0 Å². The lowest BCUT2D eigenvalue weighted by atomic mass is 9.99. The van der Waals surface area contributed by atoms with Gasteiger partial charge in [-0.05, 0) is 29.9 Å². The normalized spacial score (nSPS) is 18.6. The molecule has 1 nitrogen and oxygen atoms in total. The molecule has 0 spiro atoms. The number of fused-ring (bicyclic) bond motifs is 2. The minimum atomic E-state index is -4.49. The zero-order valence-corrected chi connectivity index (χ0v) is 12.1. The Balaban J connectivity index is 2.12. The van der Waals surface area contributed by atoms with Crippen molar-refractivity contribution >= 4 is 29.1 Å². The number of rotatable bonds is 0. The summed E-state index contributed by atoms with van der Waals surface area (Å²) in [5.74, 6) is -0.212. The summed E-state index contributed by atoms with van der Waals surface area (Å²) in [4.78, 5) is 13.2.